The number of ether oxygens (including phenoxy) is 1. The van der Waals surface area contributed by atoms with Gasteiger partial charge in [0.2, 0.25) is 0 Å². The average molecular weight is 198 g/mol. The molecule has 78 valence electrons. The van der Waals surface area contributed by atoms with Crippen molar-refractivity contribution in [2.24, 2.45) is 7.05 Å². The summed E-state index contributed by atoms with van der Waals surface area (Å²) in [4.78, 5) is 10.9. The predicted octanol–water partition coefficient (Wildman–Crippen LogP) is 0.325. The maximum atomic E-state index is 10.9. The molecule has 1 atom stereocenters. The van der Waals surface area contributed by atoms with Crippen molar-refractivity contribution in [1.82, 2.24) is 9.78 Å². The molecule has 0 saturated carbocycles. The number of hydrogen-bond acceptors (Lipinski definition) is 4. The molecule has 0 bridgehead atoms. The molecule has 1 aromatic heterocycles. The second-order valence-corrected chi connectivity index (χ2v) is 3.13. The van der Waals surface area contributed by atoms with E-state index >= 15 is 0 Å². The summed E-state index contributed by atoms with van der Waals surface area (Å²) >= 11 is 0. The molecule has 0 aromatic carbocycles. The van der Waals surface area contributed by atoms with Crippen LogP contribution in [0.1, 0.15) is 23.9 Å². The second-order valence-electron chi connectivity index (χ2n) is 3.13. The SMILES string of the molecule is COC(=O)CC(O)c1cc(C)nn1C. The molecule has 0 fully saturated rings. The van der Waals surface area contributed by atoms with Crippen LogP contribution in [0.2, 0.25) is 0 Å². The van der Waals surface area contributed by atoms with E-state index < -0.39 is 12.1 Å². The number of methoxy groups -OCH3 is 1. The number of carbonyl (C=O) groups is 1. The van der Waals surface area contributed by atoms with Crippen LogP contribution in [0.4, 0.5) is 0 Å². The van der Waals surface area contributed by atoms with Crippen LogP contribution in [-0.4, -0.2) is 28.0 Å². The summed E-state index contributed by atoms with van der Waals surface area (Å²) in [7, 11) is 3.02. The van der Waals surface area contributed by atoms with Gasteiger partial charge in [-0.25, -0.2) is 0 Å². The lowest BCUT2D eigenvalue weighted by molar-refractivity contribution is -0.143. The quantitative estimate of drug-likeness (QED) is 0.710. The highest BCUT2D eigenvalue weighted by Crippen LogP contribution is 2.17. The van der Waals surface area contributed by atoms with Gasteiger partial charge < -0.3 is 9.84 Å². The molecule has 5 nitrogen and oxygen atoms in total. The molecule has 0 aliphatic carbocycles. The number of aromatic nitrogens is 2. The van der Waals surface area contributed by atoms with Gasteiger partial charge in [0.15, 0.2) is 0 Å². The van der Waals surface area contributed by atoms with Gasteiger partial charge in [0.1, 0.15) is 6.10 Å². The third-order valence-electron chi connectivity index (χ3n) is 1.97. The van der Waals surface area contributed by atoms with Gasteiger partial charge in [-0.1, -0.05) is 0 Å². The fraction of sp³-hybridized carbons (Fsp3) is 0.556. The maximum Gasteiger partial charge on any atom is 0.308 e. The Morgan fingerprint density at radius 1 is 1.79 bits per heavy atom. The summed E-state index contributed by atoms with van der Waals surface area (Å²) in [6.07, 6.45) is -0.899. The minimum absolute atomic E-state index is 0.0462. The normalized spacial score (nSPS) is 12.6. The Morgan fingerprint density at radius 2 is 2.43 bits per heavy atom. The zero-order valence-electron chi connectivity index (χ0n) is 8.52. The van der Waals surface area contributed by atoms with Crippen LogP contribution in [-0.2, 0) is 16.6 Å². The van der Waals surface area contributed by atoms with Crippen molar-refractivity contribution >= 4 is 5.97 Å². The van der Waals surface area contributed by atoms with Crippen LogP contribution >= 0.6 is 0 Å². The number of nitrogens with zero attached hydrogens (tertiary/aromatic N) is 2. The third-order valence-corrected chi connectivity index (χ3v) is 1.97. The minimum atomic E-state index is -0.853. The molecule has 0 aliphatic heterocycles. The summed E-state index contributed by atoms with van der Waals surface area (Å²) in [5.41, 5.74) is 1.43. The molecule has 0 saturated heterocycles. The van der Waals surface area contributed by atoms with Gasteiger partial charge in [0, 0.05) is 7.05 Å². The first-order valence-corrected chi connectivity index (χ1v) is 4.30. The Balaban J connectivity index is 2.73. The van der Waals surface area contributed by atoms with Crippen LogP contribution in [0.25, 0.3) is 0 Å². The summed E-state index contributed by atoms with van der Waals surface area (Å²) in [5.74, 6) is -0.434. The second kappa shape index (κ2) is 4.23. The molecule has 14 heavy (non-hydrogen) atoms. The zero-order chi connectivity index (χ0) is 10.7. The fourth-order valence-electron chi connectivity index (χ4n) is 1.29. The standard InChI is InChI=1S/C9H14N2O3/c1-6-4-7(11(2)10-6)8(12)5-9(13)14-3/h4,8,12H,5H2,1-3H3. The smallest absolute Gasteiger partial charge is 0.308 e. The molecular formula is C9H14N2O3. The molecular weight excluding hydrogens is 184 g/mol. The van der Waals surface area contributed by atoms with Gasteiger partial charge in [-0.2, -0.15) is 5.10 Å². The van der Waals surface area contributed by atoms with E-state index in [1.54, 1.807) is 17.8 Å². The minimum Gasteiger partial charge on any atom is -0.469 e. The lowest BCUT2D eigenvalue weighted by atomic mass is 10.2. The molecule has 1 heterocycles. The van der Waals surface area contributed by atoms with E-state index in [9.17, 15) is 9.90 Å². The molecule has 1 unspecified atom stereocenters. The van der Waals surface area contributed by atoms with Gasteiger partial charge in [-0.15, -0.1) is 0 Å². The lowest BCUT2D eigenvalue weighted by Gasteiger charge is -2.08. The number of hydrogen-bond donors (Lipinski definition) is 1. The van der Waals surface area contributed by atoms with E-state index in [-0.39, 0.29) is 6.42 Å². The number of carbonyl (C=O) groups excluding carboxylic acids is 1. The first-order valence-electron chi connectivity index (χ1n) is 4.30. The maximum absolute atomic E-state index is 10.9. The monoisotopic (exact) mass is 198 g/mol. The van der Waals surface area contributed by atoms with Crippen LogP contribution in [0.5, 0.6) is 0 Å². The number of aliphatic hydroxyl groups excluding tert-OH is 1. The van der Waals surface area contributed by atoms with Crippen molar-refractivity contribution in [3.63, 3.8) is 0 Å². The van der Waals surface area contributed by atoms with Crippen molar-refractivity contribution in [3.05, 3.63) is 17.5 Å². The summed E-state index contributed by atoms with van der Waals surface area (Å²) in [5, 5.41) is 13.7. The van der Waals surface area contributed by atoms with E-state index in [4.69, 9.17) is 0 Å². The molecule has 0 spiro atoms. The van der Waals surface area contributed by atoms with Gasteiger partial charge in [-0.3, -0.25) is 9.48 Å². The highest BCUT2D eigenvalue weighted by molar-refractivity contribution is 5.69. The predicted molar refractivity (Wildman–Crippen MR) is 49.5 cm³/mol. The third kappa shape index (κ3) is 2.32. The largest absolute Gasteiger partial charge is 0.469 e. The topological polar surface area (TPSA) is 64.3 Å². The zero-order valence-corrected chi connectivity index (χ0v) is 8.52. The van der Waals surface area contributed by atoms with Gasteiger partial charge in [-0.05, 0) is 13.0 Å². The van der Waals surface area contributed by atoms with E-state index in [1.165, 1.54) is 7.11 Å². The Hall–Kier alpha value is -1.36. The summed E-state index contributed by atoms with van der Waals surface area (Å²) in [6, 6.07) is 1.74. The Kier molecular flexibility index (Phi) is 3.24. The van der Waals surface area contributed by atoms with E-state index in [1.807, 2.05) is 6.92 Å². The molecule has 5 heteroatoms. The van der Waals surface area contributed by atoms with Crippen molar-refractivity contribution < 1.29 is 14.6 Å². The average Bonchev–Trinajstić information content (AvgIpc) is 2.45. The molecule has 0 amide bonds. The van der Waals surface area contributed by atoms with Crippen molar-refractivity contribution in [1.29, 1.82) is 0 Å². The van der Waals surface area contributed by atoms with Crippen molar-refractivity contribution in [3.8, 4) is 0 Å². The highest BCUT2D eigenvalue weighted by atomic mass is 16.5. The van der Waals surface area contributed by atoms with Crippen LogP contribution < -0.4 is 0 Å². The molecule has 0 aliphatic rings. The number of esters is 1. The van der Waals surface area contributed by atoms with Crippen LogP contribution in [0.3, 0.4) is 0 Å². The molecule has 1 aromatic rings. The first-order chi connectivity index (χ1) is 6.54. The fourth-order valence-corrected chi connectivity index (χ4v) is 1.29. The molecule has 0 radical (unpaired) electrons. The lowest BCUT2D eigenvalue weighted by Crippen LogP contribution is -2.11. The van der Waals surface area contributed by atoms with E-state index in [0.29, 0.717) is 5.69 Å². The molecule has 1 rings (SSSR count). The van der Waals surface area contributed by atoms with E-state index in [0.717, 1.165) is 5.69 Å². The summed E-state index contributed by atoms with van der Waals surface area (Å²) in [6.45, 7) is 1.83. The van der Waals surface area contributed by atoms with Crippen molar-refractivity contribution in [2.45, 2.75) is 19.4 Å². The Bertz CT molecular complexity index is 333. The Labute approximate surface area is 82.3 Å². The Morgan fingerprint density at radius 3 is 2.86 bits per heavy atom. The number of rotatable bonds is 3. The van der Waals surface area contributed by atoms with Gasteiger partial charge >= 0.3 is 5.97 Å². The van der Waals surface area contributed by atoms with Gasteiger partial charge in [0.25, 0.3) is 0 Å². The van der Waals surface area contributed by atoms with Crippen LogP contribution in [0.15, 0.2) is 6.07 Å². The molecule has 1 N–H and O–H groups in total. The first kappa shape index (κ1) is 10.7. The summed E-state index contributed by atoms with van der Waals surface area (Å²) < 4.78 is 6.02. The highest BCUT2D eigenvalue weighted by Gasteiger charge is 2.16. The number of aliphatic hydroxyl groups is 1. The van der Waals surface area contributed by atoms with Gasteiger partial charge in [0.05, 0.1) is 24.9 Å². The number of aryl methyl sites for hydroxylation is 2. The van der Waals surface area contributed by atoms with Crippen LogP contribution in [0, 0.1) is 6.92 Å². The van der Waals surface area contributed by atoms with E-state index in [2.05, 4.69) is 9.84 Å². The van der Waals surface area contributed by atoms with Crippen molar-refractivity contribution in [2.75, 3.05) is 7.11 Å².